The van der Waals surface area contributed by atoms with Crippen molar-refractivity contribution in [1.82, 2.24) is 5.32 Å². The van der Waals surface area contributed by atoms with Gasteiger partial charge in [0.1, 0.15) is 0 Å². The molecule has 0 aromatic heterocycles. The minimum atomic E-state index is 0. The van der Waals surface area contributed by atoms with Gasteiger partial charge in [0.15, 0.2) is 17.5 Å². The zero-order valence-electron chi connectivity index (χ0n) is 17.9. The summed E-state index contributed by atoms with van der Waals surface area (Å²) in [5, 5.41) is 6.79. The Morgan fingerprint density at radius 1 is 1.17 bits per heavy atom. The molecule has 1 aliphatic heterocycles. The molecule has 0 bridgehead atoms. The normalized spacial score (nSPS) is 18.8. The molecular formula is C23H32IN3O3. The lowest BCUT2D eigenvalue weighted by Gasteiger charge is -2.32. The highest BCUT2D eigenvalue weighted by Gasteiger charge is 2.27. The molecule has 1 saturated heterocycles. The first-order chi connectivity index (χ1) is 14.2. The summed E-state index contributed by atoms with van der Waals surface area (Å²) in [4.78, 5) is 4.37. The number of anilines is 1. The summed E-state index contributed by atoms with van der Waals surface area (Å²) in [6.07, 6.45) is 2.32. The van der Waals surface area contributed by atoms with E-state index in [2.05, 4.69) is 39.9 Å². The second kappa shape index (κ2) is 12.6. The van der Waals surface area contributed by atoms with E-state index in [1.54, 1.807) is 14.2 Å². The number of methoxy groups -OCH3 is 1. The average Bonchev–Trinajstić information content (AvgIpc) is 2.78. The van der Waals surface area contributed by atoms with Crippen molar-refractivity contribution < 1.29 is 14.2 Å². The van der Waals surface area contributed by atoms with Crippen molar-refractivity contribution in [3.8, 4) is 11.5 Å². The van der Waals surface area contributed by atoms with Gasteiger partial charge in [0.2, 0.25) is 0 Å². The molecule has 0 saturated carbocycles. The fourth-order valence-corrected chi connectivity index (χ4v) is 3.63. The van der Waals surface area contributed by atoms with Crippen LogP contribution >= 0.6 is 24.0 Å². The van der Waals surface area contributed by atoms with Crippen LogP contribution in [-0.4, -0.2) is 39.9 Å². The molecule has 0 radical (unpaired) electrons. The van der Waals surface area contributed by atoms with Crippen LogP contribution in [0, 0.1) is 5.92 Å². The van der Waals surface area contributed by atoms with Gasteiger partial charge in [-0.3, -0.25) is 4.99 Å². The molecule has 0 aliphatic carbocycles. The number of aliphatic imine (C=N–C) groups is 1. The first-order valence-corrected chi connectivity index (χ1v) is 10.2. The average molecular weight is 525 g/mol. The van der Waals surface area contributed by atoms with Crippen LogP contribution in [0.15, 0.2) is 53.5 Å². The molecule has 1 fully saturated rings. The first-order valence-electron chi connectivity index (χ1n) is 10.2. The Kier molecular flexibility index (Phi) is 10.2. The maximum absolute atomic E-state index is 6.10. The van der Waals surface area contributed by atoms with Gasteiger partial charge in [0.25, 0.3) is 0 Å². The summed E-state index contributed by atoms with van der Waals surface area (Å²) >= 11 is 0. The number of nitrogens with zero attached hydrogens (tertiary/aromatic N) is 1. The van der Waals surface area contributed by atoms with Gasteiger partial charge in [0, 0.05) is 37.9 Å². The molecule has 2 aromatic carbocycles. The van der Waals surface area contributed by atoms with Crippen LogP contribution in [0.4, 0.5) is 5.69 Å². The predicted octanol–water partition coefficient (Wildman–Crippen LogP) is 4.87. The van der Waals surface area contributed by atoms with Gasteiger partial charge in [-0.25, -0.2) is 0 Å². The molecule has 2 aromatic rings. The summed E-state index contributed by atoms with van der Waals surface area (Å²) in [5.41, 5.74) is 2.13. The largest absolute Gasteiger partial charge is 0.493 e. The number of ether oxygens (including phenoxy) is 3. The van der Waals surface area contributed by atoms with Gasteiger partial charge in [0.05, 0.1) is 19.8 Å². The highest BCUT2D eigenvalue weighted by molar-refractivity contribution is 14.0. The van der Waals surface area contributed by atoms with Crippen LogP contribution in [0.2, 0.25) is 0 Å². The van der Waals surface area contributed by atoms with E-state index in [0.717, 1.165) is 37.6 Å². The highest BCUT2D eigenvalue weighted by Crippen LogP contribution is 2.33. The number of nitrogens with one attached hydrogen (secondary N) is 2. The Balaban J connectivity index is 0.00000320. The fourth-order valence-electron chi connectivity index (χ4n) is 3.63. The lowest BCUT2D eigenvalue weighted by molar-refractivity contribution is -0.0264. The van der Waals surface area contributed by atoms with Crippen LogP contribution in [0.5, 0.6) is 11.5 Å². The highest BCUT2D eigenvalue weighted by atomic mass is 127. The second-order valence-corrected chi connectivity index (χ2v) is 6.98. The molecule has 0 amide bonds. The number of guanidine groups is 1. The predicted molar refractivity (Wildman–Crippen MR) is 132 cm³/mol. The molecule has 7 heteroatoms. The quantitative estimate of drug-likeness (QED) is 0.307. The molecule has 6 nitrogen and oxygen atoms in total. The number of hydrogen-bond donors (Lipinski definition) is 2. The summed E-state index contributed by atoms with van der Waals surface area (Å²) in [7, 11) is 3.41. The zero-order valence-corrected chi connectivity index (χ0v) is 20.2. The maximum atomic E-state index is 6.10. The van der Waals surface area contributed by atoms with Gasteiger partial charge >= 0.3 is 0 Å². The van der Waals surface area contributed by atoms with Crippen LogP contribution in [0.25, 0.3) is 0 Å². The molecule has 164 valence electrons. The third-order valence-corrected chi connectivity index (χ3v) is 5.05. The molecule has 1 aliphatic rings. The van der Waals surface area contributed by atoms with E-state index in [0.29, 0.717) is 24.0 Å². The molecule has 1 heterocycles. The van der Waals surface area contributed by atoms with Gasteiger partial charge in [-0.15, -0.1) is 24.0 Å². The van der Waals surface area contributed by atoms with E-state index in [1.807, 2.05) is 31.2 Å². The lowest BCUT2D eigenvalue weighted by atomic mass is 9.89. The Morgan fingerprint density at radius 2 is 1.97 bits per heavy atom. The minimum Gasteiger partial charge on any atom is -0.493 e. The van der Waals surface area contributed by atoms with E-state index < -0.39 is 0 Å². The Bertz CT molecular complexity index is 802. The fraction of sp³-hybridized carbons (Fsp3) is 0.435. The molecule has 30 heavy (non-hydrogen) atoms. The molecule has 2 N–H and O–H groups in total. The van der Waals surface area contributed by atoms with Crippen molar-refractivity contribution in [1.29, 1.82) is 0 Å². The van der Waals surface area contributed by atoms with E-state index in [9.17, 15) is 0 Å². The van der Waals surface area contributed by atoms with Crippen molar-refractivity contribution >= 4 is 35.6 Å². The van der Waals surface area contributed by atoms with Crippen LogP contribution < -0.4 is 20.1 Å². The summed E-state index contributed by atoms with van der Waals surface area (Å²) in [6.45, 7) is 4.13. The molecule has 3 rings (SSSR count). The van der Waals surface area contributed by atoms with E-state index in [4.69, 9.17) is 14.2 Å². The Morgan fingerprint density at radius 3 is 2.67 bits per heavy atom. The molecule has 2 unspecified atom stereocenters. The van der Waals surface area contributed by atoms with Gasteiger partial charge in [-0.05, 0) is 37.5 Å². The van der Waals surface area contributed by atoms with Crippen molar-refractivity contribution in [2.24, 2.45) is 10.9 Å². The second-order valence-electron chi connectivity index (χ2n) is 6.98. The number of rotatable bonds is 7. The number of benzene rings is 2. The lowest BCUT2D eigenvalue weighted by Crippen LogP contribution is -2.38. The number of hydrogen-bond acceptors (Lipinski definition) is 4. The minimum absolute atomic E-state index is 0. The summed E-state index contributed by atoms with van der Waals surface area (Å²) < 4.78 is 17.1. The van der Waals surface area contributed by atoms with Gasteiger partial charge in [-0.2, -0.15) is 0 Å². The Hall–Kier alpha value is -2.00. The van der Waals surface area contributed by atoms with Crippen molar-refractivity contribution in [3.63, 3.8) is 0 Å². The monoisotopic (exact) mass is 525 g/mol. The molecular weight excluding hydrogens is 493 g/mol. The maximum Gasteiger partial charge on any atom is 0.195 e. The molecule has 0 spiro atoms. The van der Waals surface area contributed by atoms with Gasteiger partial charge < -0.3 is 24.8 Å². The number of halogens is 1. The first kappa shape index (κ1) is 24.3. The SMILES string of the molecule is CCOc1cc(NC(=NC)NCC2CCCOC2c2ccccc2)ccc1OC.I. The standard InChI is InChI=1S/C23H31N3O3.HI/c1-4-28-21-15-19(12-13-20(21)27-3)26-23(24-2)25-16-18-11-8-14-29-22(18)17-9-6-5-7-10-17;/h5-7,9-10,12-13,15,18,22H,4,8,11,14,16H2,1-3H3,(H2,24,25,26);1H. The van der Waals surface area contributed by atoms with Crippen molar-refractivity contribution in [2.75, 3.05) is 39.2 Å². The van der Waals surface area contributed by atoms with Crippen molar-refractivity contribution in [2.45, 2.75) is 25.9 Å². The van der Waals surface area contributed by atoms with E-state index in [1.165, 1.54) is 5.56 Å². The van der Waals surface area contributed by atoms with Crippen molar-refractivity contribution in [3.05, 3.63) is 54.1 Å². The molecule has 2 atom stereocenters. The van der Waals surface area contributed by atoms with E-state index in [-0.39, 0.29) is 30.1 Å². The smallest absolute Gasteiger partial charge is 0.195 e. The topological polar surface area (TPSA) is 64.1 Å². The zero-order chi connectivity index (χ0) is 20.5. The third-order valence-electron chi connectivity index (χ3n) is 5.05. The van der Waals surface area contributed by atoms with Crippen LogP contribution in [0.3, 0.4) is 0 Å². The third kappa shape index (κ3) is 6.50. The van der Waals surface area contributed by atoms with E-state index >= 15 is 0 Å². The summed E-state index contributed by atoms with van der Waals surface area (Å²) in [6, 6.07) is 16.2. The Labute approximate surface area is 196 Å². The van der Waals surface area contributed by atoms with Gasteiger partial charge in [-0.1, -0.05) is 30.3 Å². The van der Waals surface area contributed by atoms with Crippen LogP contribution in [-0.2, 0) is 4.74 Å². The van der Waals surface area contributed by atoms with Crippen LogP contribution in [0.1, 0.15) is 31.4 Å². The summed E-state index contributed by atoms with van der Waals surface area (Å²) in [5.74, 6) is 2.53.